The fourth-order valence-electron chi connectivity index (χ4n) is 3.27. The summed E-state index contributed by atoms with van der Waals surface area (Å²) in [4.78, 5) is 29.8. The van der Waals surface area contributed by atoms with Gasteiger partial charge in [0, 0.05) is 52.0 Å². The van der Waals surface area contributed by atoms with Gasteiger partial charge in [-0.05, 0) is 33.1 Å². The zero-order valence-electron chi connectivity index (χ0n) is 15.3. The maximum Gasteiger partial charge on any atom is 0.236 e. The van der Waals surface area contributed by atoms with Crippen LogP contribution in [0.15, 0.2) is 12.3 Å². The Bertz CT molecular complexity index is 564. The normalized spacial score (nSPS) is 19.2. The highest BCUT2D eigenvalue weighted by Gasteiger charge is 2.23. The lowest BCUT2D eigenvalue weighted by atomic mass is 10.3. The third kappa shape index (κ3) is 4.79. The monoisotopic (exact) mass is 347 g/mol. The molecule has 0 atom stereocenters. The lowest BCUT2D eigenvalue weighted by Crippen LogP contribution is -2.51. The molecule has 1 amide bonds. The molecule has 25 heavy (non-hydrogen) atoms. The fourth-order valence-corrected chi connectivity index (χ4v) is 3.27. The van der Waals surface area contributed by atoms with Gasteiger partial charge in [0.2, 0.25) is 11.9 Å². The number of nitrogens with zero attached hydrogens (tertiary/aromatic N) is 6. The van der Waals surface area contributed by atoms with Crippen molar-refractivity contribution in [3.05, 3.63) is 12.3 Å². The quantitative estimate of drug-likeness (QED) is 0.786. The number of piperazine rings is 1. The van der Waals surface area contributed by atoms with Crippen molar-refractivity contribution < 1.29 is 4.79 Å². The average molecular weight is 347 g/mol. The maximum absolute atomic E-state index is 12.2. The molecule has 8 heteroatoms. The van der Waals surface area contributed by atoms with E-state index in [9.17, 15) is 4.79 Å². The van der Waals surface area contributed by atoms with Gasteiger partial charge in [-0.3, -0.25) is 4.79 Å². The molecular weight excluding hydrogens is 318 g/mol. The molecule has 3 heterocycles. The van der Waals surface area contributed by atoms with Crippen molar-refractivity contribution in [1.29, 1.82) is 0 Å². The first-order valence-corrected chi connectivity index (χ1v) is 9.09. The minimum Gasteiger partial charge on any atom is -0.355 e. The van der Waals surface area contributed by atoms with E-state index in [0.717, 1.165) is 70.5 Å². The largest absolute Gasteiger partial charge is 0.355 e. The Kier molecular flexibility index (Phi) is 6.04. The number of rotatable bonds is 4. The van der Waals surface area contributed by atoms with Gasteiger partial charge in [0.1, 0.15) is 5.82 Å². The van der Waals surface area contributed by atoms with E-state index < -0.39 is 0 Å². The molecule has 0 aromatic carbocycles. The van der Waals surface area contributed by atoms with E-state index in [2.05, 4.69) is 20.1 Å². The highest BCUT2D eigenvalue weighted by molar-refractivity contribution is 5.78. The van der Waals surface area contributed by atoms with Crippen LogP contribution in [0.5, 0.6) is 0 Å². The molecule has 2 fully saturated rings. The molecule has 1 aromatic rings. The lowest BCUT2D eigenvalue weighted by Gasteiger charge is -2.35. The first-order chi connectivity index (χ1) is 12.1. The van der Waals surface area contributed by atoms with Gasteiger partial charge in [-0.2, -0.15) is 4.98 Å². The number of nitrogens with one attached hydrogen (secondary N) is 1. The minimum atomic E-state index is 0.191. The number of likely N-dealkylation sites (N-methyl/N-ethyl adjacent to an activating group) is 1. The van der Waals surface area contributed by atoms with Crippen molar-refractivity contribution in [2.45, 2.75) is 6.42 Å². The predicted octanol–water partition coefficient (Wildman–Crippen LogP) is -0.513. The van der Waals surface area contributed by atoms with Gasteiger partial charge in [-0.1, -0.05) is 0 Å². The maximum atomic E-state index is 12.2. The van der Waals surface area contributed by atoms with Gasteiger partial charge in [0.15, 0.2) is 0 Å². The third-order valence-corrected chi connectivity index (χ3v) is 4.66. The van der Waals surface area contributed by atoms with Crippen molar-refractivity contribution in [3.63, 3.8) is 0 Å². The number of amides is 1. The fraction of sp³-hybridized carbons (Fsp3) is 0.706. The third-order valence-electron chi connectivity index (χ3n) is 4.66. The molecule has 0 aliphatic carbocycles. The summed E-state index contributed by atoms with van der Waals surface area (Å²) in [7, 11) is 3.84. The number of aromatic nitrogens is 2. The lowest BCUT2D eigenvalue weighted by molar-refractivity contribution is -0.132. The second-order valence-corrected chi connectivity index (χ2v) is 6.91. The van der Waals surface area contributed by atoms with Crippen LogP contribution in [-0.4, -0.2) is 98.7 Å². The number of carbonyl (C=O) groups excluding carboxylic acids is 1. The second kappa shape index (κ2) is 8.44. The molecule has 0 saturated carbocycles. The average Bonchev–Trinajstić information content (AvgIpc) is 2.91. The number of hydrogen-bond donors (Lipinski definition) is 1. The summed E-state index contributed by atoms with van der Waals surface area (Å²) in [6.45, 7) is 7.55. The van der Waals surface area contributed by atoms with Crippen molar-refractivity contribution in [3.8, 4) is 0 Å². The van der Waals surface area contributed by atoms with Crippen LogP contribution in [0.3, 0.4) is 0 Å². The van der Waals surface area contributed by atoms with Crippen LogP contribution in [0.25, 0.3) is 0 Å². The van der Waals surface area contributed by atoms with E-state index in [1.807, 2.05) is 36.2 Å². The van der Waals surface area contributed by atoms with Crippen LogP contribution in [0.1, 0.15) is 6.42 Å². The van der Waals surface area contributed by atoms with Gasteiger partial charge in [-0.15, -0.1) is 0 Å². The van der Waals surface area contributed by atoms with Gasteiger partial charge in [-0.25, -0.2) is 4.98 Å². The zero-order valence-corrected chi connectivity index (χ0v) is 15.3. The highest BCUT2D eigenvalue weighted by atomic mass is 16.2. The molecule has 0 radical (unpaired) electrons. The predicted molar refractivity (Wildman–Crippen MR) is 99.1 cm³/mol. The van der Waals surface area contributed by atoms with Gasteiger partial charge in [0.25, 0.3) is 0 Å². The SMILES string of the molecule is CN(C)CC(=O)N1CCN(c2nccc(N3CCCNCC3)n2)CC1. The van der Waals surface area contributed by atoms with Crippen LogP contribution >= 0.6 is 0 Å². The summed E-state index contributed by atoms with van der Waals surface area (Å²) < 4.78 is 0. The summed E-state index contributed by atoms with van der Waals surface area (Å²) in [5, 5.41) is 3.42. The Morgan fingerprint density at radius 2 is 1.92 bits per heavy atom. The molecular formula is C17H29N7O. The summed E-state index contributed by atoms with van der Waals surface area (Å²) in [5.74, 6) is 1.96. The molecule has 1 aromatic heterocycles. The molecule has 2 aliphatic heterocycles. The van der Waals surface area contributed by atoms with Gasteiger partial charge < -0.3 is 24.9 Å². The smallest absolute Gasteiger partial charge is 0.236 e. The summed E-state index contributed by atoms with van der Waals surface area (Å²) in [6.07, 6.45) is 2.98. The van der Waals surface area contributed by atoms with E-state index in [-0.39, 0.29) is 5.91 Å². The Balaban J connectivity index is 1.60. The van der Waals surface area contributed by atoms with E-state index in [1.54, 1.807) is 0 Å². The van der Waals surface area contributed by atoms with E-state index in [0.29, 0.717) is 6.54 Å². The van der Waals surface area contributed by atoms with Crippen molar-refractivity contribution in [1.82, 2.24) is 25.1 Å². The van der Waals surface area contributed by atoms with Gasteiger partial charge >= 0.3 is 0 Å². The Labute approximate surface area is 149 Å². The zero-order chi connectivity index (χ0) is 17.6. The van der Waals surface area contributed by atoms with Crippen LogP contribution in [0.4, 0.5) is 11.8 Å². The summed E-state index contributed by atoms with van der Waals surface area (Å²) >= 11 is 0. The van der Waals surface area contributed by atoms with Crippen LogP contribution in [0.2, 0.25) is 0 Å². The Morgan fingerprint density at radius 3 is 2.68 bits per heavy atom. The Morgan fingerprint density at radius 1 is 1.12 bits per heavy atom. The van der Waals surface area contributed by atoms with Gasteiger partial charge in [0.05, 0.1) is 6.54 Å². The minimum absolute atomic E-state index is 0.191. The molecule has 0 bridgehead atoms. The van der Waals surface area contributed by atoms with Crippen molar-refractivity contribution in [2.75, 3.05) is 82.8 Å². The van der Waals surface area contributed by atoms with Crippen LogP contribution in [0, 0.1) is 0 Å². The van der Waals surface area contributed by atoms with E-state index >= 15 is 0 Å². The van der Waals surface area contributed by atoms with Crippen LogP contribution < -0.4 is 15.1 Å². The van der Waals surface area contributed by atoms with E-state index in [1.165, 1.54) is 0 Å². The number of hydrogen-bond acceptors (Lipinski definition) is 7. The summed E-state index contributed by atoms with van der Waals surface area (Å²) in [5.41, 5.74) is 0. The topological polar surface area (TPSA) is 67.8 Å². The first-order valence-electron chi connectivity index (χ1n) is 9.09. The second-order valence-electron chi connectivity index (χ2n) is 6.91. The molecule has 0 unspecified atom stereocenters. The molecule has 0 spiro atoms. The molecule has 138 valence electrons. The number of anilines is 2. The molecule has 2 saturated heterocycles. The standard InChI is InChI=1S/C17H29N7O/c1-21(2)14-16(25)23-10-12-24(13-11-23)17-19-6-4-15(20-17)22-8-3-5-18-7-9-22/h4,6,18H,3,5,7-14H2,1-2H3. The molecule has 8 nitrogen and oxygen atoms in total. The highest BCUT2D eigenvalue weighted by Crippen LogP contribution is 2.17. The van der Waals surface area contributed by atoms with E-state index in [4.69, 9.17) is 4.98 Å². The molecule has 3 rings (SSSR count). The first kappa shape index (κ1) is 17.9. The summed E-state index contributed by atoms with van der Waals surface area (Å²) in [6, 6.07) is 1.99. The van der Waals surface area contributed by atoms with Crippen molar-refractivity contribution in [2.24, 2.45) is 0 Å². The molecule has 1 N–H and O–H groups in total. The van der Waals surface area contributed by atoms with Crippen LogP contribution in [-0.2, 0) is 4.79 Å². The number of carbonyl (C=O) groups is 1. The molecule has 2 aliphatic rings. The van der Waals surface area contributed by atoms with Crippen molar-refractivity contribution >= 4 is 17.7 Å². The Hall–Kier alpha value is -1.93.